The molecule has 0 aliphatic carbocycles. The average molecular weight is 250 g/mol. The zero-order valence-corrected chi connectivity index (χ0v) is 10.4. The lowest BCUT2D eigenvalue weighted by atomic mass is 10.2. The third kappa shape index (κ3) is 5.04. The van der Waals surface area contributed by atoms with E-state index in [2.05, 4.69) is 21.4 Å². The van der Waals surface area contributed by atoms with Gasteiger partial charge in [0.2, 0.25) is 5.91 Å². The molecule has 1 heterocycles. The number of amides is 1. The standard InChI is InChI=1S/C11H18N6O/c12-9-10(14-4-3-5-15-16-13)8-11(18)17-6-1-2-7-17/h10,14H,1-8H2. The van der Waals surface area contributed by atoms with Crippen molar-refractivity contribution in [2.24, 2.45) is 5.11 Å². The van der Waals surface area contributed by atoms with Gasteiger partial charge < -0.3 is 10.2 Å². The Hall–Kier alpha value is -1.77. The highest BCUT2D eigenvalue weighted by Gasteiger charge is 2.21. The second-order valence-corrected chi connectivity index (χ2v) is 4.24. The van der Waals surface area contributed by atoms with E-state index in [-0.39, 0.29) is 12.3 Å². The lowest BCUT2D eigenvalue weighted by Crippen LogP contribution is -2.36. The average Bonchev–Trinajstić information content (AvgIpc) is 2.91. The first-order chi connectivity index (χ1) is 8.77. The first kappa shape index (κ1) is 14.3. The van der Waals surface area contributed by atoms with Gasteiger partial charge in [0.1, 0.15) is 6.04 Å². The third-order valence-electron chi connectivity index (χ3n) is 2.88. The van der Waals surface area contributed by atoms with Crippen LogP contribution in [0.25, 0.3) is 10.4 Å². The van der Waals surface area contributed by atoms with Crippen molar-refractivity contribution < 1.29 is 4.79 Å². The van der Waals surface area contributed by atoms with Crippen LogP contribution in [0.3, 0.4) is 0 Å². The number of nitriles is 1. The van der Waals surface area contributed by atoms with E-state index in [0.717, 1.165) is 25.9 Å². The SMILES string of the molecule is N#CC(CC(=O)N1CCCC1)NCCCN=[N+]=[N-]. The lowest BCUT2D eigenvalue weighted by Gasteiger charge is -2.17. The molecule has 0 bridgehead atoms. The zero-order valence-electron chi connectivity index (χ0n) is 10.4. The van der Waals surface area contributed by atoms with Gasteiger partial charge in [-0.3, -0.25) is 4.79 Å². The molecule has 0 aromatic carbocycles. The Morgan fingerprint density at radius 2 is 2.28 bits per heavy atom. The lowest BCUT2D eigenvalue weighted by molar-refractivity contribution is -0.130. The molecule has 7 nitrogen and oxygen atoms in total. The molecule has 1 amide bonds. The summed E-state index contributed by atoms with van der Waals surface area (Å²) in [5, 5.41) is 15.3. The maximum Gasteiger partial charge on any atom is 0.225 e. The minimum absolute atomic E-state index is 0.0431. The van der Waals surface area contributed by atoms with Gasteiger partial charge >= 0.3 is 0 Å². The number of hydrogen-bond donors (Lipinski definition) is 1. The molecular weight excluding hydrogens is 232 g/mol. The summed E-state index contributed by atoms with van der Waals surface area (Å²) in [6.45, 7) is 2.61. The number of rotatable bonds is 7. The highest BCUT2D eigenvalue weighted by Crippen LogP contribution is 2.09. The maximum atomic E-state index is 11.8. The van der Waals surface area contributed by atoms with Gasteiger partial charge in [-0.25, -0.2) is 0 Å². The topological polar surface area (TPSA) is 105 Å². The summed E-state index contributed by atoms with van der Waals surface area (Å²) in [5.41, 5.74) is 8.10. The number of nitrogens with zero attached hydrogens (tertiary/aromatic N) is 5. The predicted octanol–water partition coefficient (Wildman–Crippen LogP) is 1.18. The van der Waals surface area contributed by atoms with E-state index < -0.39 is 6.04 Å². The summed E-state index contributed by atoms with van der Waals surface area (Å²) >= 11 is 0. The highest BCUT2D eigenvalue weighted by atomic mass is 16.2. The molecule has 1 N–H and O–H groups in total. The summed E-state index contributed by atoms with van der Waals surface area (Å²) in [6.07, 6.45) is 3.00. The second-order valence-electron chi connectivity index (χ2n) is 4.24. The predicted molar refractivity (Wildman–Crippen MR) is 66.5 cm³/mol. The van der Waals surface area contributed by atoms with Crippen molar-refractivity contribution in [3.63, 3.8) is 0 Å². The van der Waals surface area contributed by atoms with E-state index in [9.17, 15) is 4.79 Å². The third-order valence-corrected chi connectivity index (χ3v) is 2.88. The molecule has 1 fully saturated rings. The van der Waals surface area contributed by atoms with Crippen molar-refractivity contribution >= 4 is 5.91 Å². The van der Waals surface area contributed by atoms with Crippen LogP contribution in [0.5, 0.6) is 0 Å². The molecule has 0 saturated carbocycles. The van der Waals surface area contributed by atoms with Crippen molar-refractivity contribution in [1.29, 1.82) is 5.26 Å². The fraction of sp³-hybridized carbons (Fsp3) is 0.818. The number of hydrogen-bond acceptors (Lipinski definition) is 4. The summed E-state index contributed by atoms with van der Waals surface area (Å²) in [4.78, 5) is 16.3. The van der Waals surface area contributed by atoms with Crippen molar-refractivity contribution in [3.8, 4) is 6.07 Å². The number of carbonyl (C=O) groups is 1. The highest BCUT2D eigenvalue weighted by molar-refractivity contribution is 5.77. The Labute approximate surface area is 106 Å². The van der Waals surface area contributed by atoms with Crippen molar-refractivity contribution in [3.05, 3.63) is 10.4 Å². The van der Waals surface area contributed by atoms with Gasteiger partial charge in [-0.15, -0.1) is 0 Å². The van der Waals surface area contributed by atoms with Crippen LogP contribution in [0.2, 0.25) is 0 Å². The molecule has 1 unspecified atom stereocenters. The molecule has 1 aliphatic rings. The summed E-state index contributed by atoms with van der Waals surface area (Å²) < 4.78 is 0. The summed E-state index contributed by atoms with van der Waals surface area (Å²) in [7, 11) is 0. The fourth-order valence-corrected chi connectivity index (χ4v) is 1.90. The Morgan fingerprint density at radius 1 is 1.56 bits per heavy atom. The minimum atomic E-state index is -0.454. The quantitative estimate of drug-likeness (QED) is 0.317. The van der Waals surface area contributed by atoms with Gasteiger partial charge in [0, 0.05) is 24.5 Å². The van der Waals surface area contributed by atoms with Crippen LogP contribution in [-0.4, -0.2) is 43.0 Å². The molecule has 98 valence electrons. The summed E-state index contributed by atoms with van der Waals surface area (Å²) in [6, 6.07) is 1.63. The molecule has 0 aromatic rings. The van der Waals surface area contributed by atoms with Crippen LogP contribution in [0.1, 0.15) is 25.7 Å². The van der Waals surface area contributed by atoms with Gasteiger partial charge in [-0.2, -0.15) is 5.26 Å². The molecule has 18 heavy (non-hydrogen) atoms. The van der Waals surface area contributed by atoms with Gasteiger partial charge in [-0.1, -0.05) is 5.11 Å². The molecule has 1 rings (SSSR count). The van der Waals surface area contributed by atoms with Crippen LogP contribution >= 0.6 is 0 Å². The van der Waals surface area contributed by atoms with Gasteiger partial charge in [0.05, 0.1) is 12.5 Å². The maximum absolute atomic E-state index is 11.8. The van der Waals surface area contributed by atoms with Crippen molar-refractivity contribution in [2.75, 3.05) is 26.2 Å². The van der Waals surface area contributed by atoms with E-state index in [1.165, 1.54) is 0 Å². The molecule has 1 aliphatic heterocycles. The molecular formula is C11H18N6O. The molecule has 7 heteroatoms. The van der Waals surface area contributed by atoms with Gasteiger partial charge in [0.15, 0.2) is 0 Å². The molecule has 0 spiro atoms. The van der Waals surface area contributed by atoms with E-state index in [1.54, 1.807) is 0 Å². The van der Waals surface area contributed by atoms with Crippen LogP contribution in [-0.2, 0) is 4.79 Å². The number of carbonyl (C=O) groups excluding carboxylic acids is 1. The number of azide groups is 1. The fourth-order valence-electron chi connectivity index (χ4n) is 1.90. The van der Waals surface area contributed by atoms with Gasteiger partial charge in [0.25, 0.3) is 0 Å². The van der Waals surface area contributed by atoms with Crippen molar-refractivity contribution in [2.45, 2.75) is 31.7 Å². The van der Waals surface area contributed by atoms with E-state index in [4.69, 9.17) is 10.8 Å². The molecule has 0 radical (unpaired) electrons. The Bertz CT molecular complexity index is 351. The Balaban J connectivity index is 2.22. The normalized spacial score (nSPS) is 15.8. The van der Waals surface area contributed by atoms with E-state index in [0.29, 0.717) is 19.5 Å². The number of nitrogens with one attached hydrogen (secondary N) is 1. The monoisotopic (exact) mass is 250 g/mol. The first-order valence-corrected chi connectivity index (χ1v) is 6.19. The van der Waals surface area contributed by atoms with Crippen LogP contribution in [0.4, 0.5) is 0 Å². The van der Waals surface area contributed by atoms with Crippen LogP contribution < -0.4 is 5.32 Å². The first-order valence-electron chi connectivity index (χ1n) is 6.19. The van der Waals surface area contributed by atoms with Gasteiger partial charge in [-0.05, 0) is 31.3 Å². The summed E-state index contributed by atoms with van der Waals surface area (Å²) in [5.74, 6) is 0.0431. The van der Waals surface area contributed by atoms with E-state index in [1.807, 2.05) is 4.90 Å². The minimum Gasteiger partial charge on any atom is -0.343 e. The second kappa shape index (κ2) is 8.34. The number of likely N-dealkylation sites (tertiary alicyclic amines) is 1. The molecule has 1 atom stereocenters. The Morgan fingerprint density at radius 3 is 2.89 bits per heavy atom. The smallest absolute Gasteiger partial charge is 0.225 e. The van der Waals surface area contributed by atoms with Crippen LogP contribution in [0.15, 0.2) is 5.11 Å². The molecule has 0 aromatic heterocycles. The zero-order chi connectivity index (χ0) is 13.2. The van der Waals surface area contributed by atoms with Crippen LogP contribution in [0, 0.1) is 11.3 Å². The Kier molecular flexibility index (Phi) is 6.62. The van der Waals surface area contributed by atoms with E-state index >= 15 is 0 Å². The van der Waals surface area contributed by atoms with Crippen molar-refractivity contribution in [1.82, 2.24) is 10.2 Å². The molecule has 1 saturated heterocycles. The largest absolute Gasteiger partial charge is 0.343 e.